The maximum atomic E-state index is 14.5. The highest BCUT2D eigenvalue weighted by molar-refractivity contribution is 7.21. The number of hydrogen-bond donors (Lipinski definition) is 0. The smallest absolute Gasteiger partial charge is 0.349 e. The molecule has 28 heavy (non-hydrogen) atoms. The van der Waals surface area contributed by atoms with E-state index in [1.54, 1.807) is 31.2 Å². The Labute approximate surface area is 164 Å². The Morgan fingerprint density at radius 1 is 1.21 bits per heavy atom. The van der Waals surface area contributed by atoms with E-state index in [-0.39, 0.29) is 17.6 Å². The minimum absolute atomic E-state index is 0.000889. The first-order valence-electron chi connectivity index (χ1n) is 8.82. The van der Waals surface area contributed by atoms with Crippen LogP contribution in [0, 0.1) is 5.82 Å². The van der Waals surface area contributed by atoms with Crippen LogP contribution in [-0.2, 0) is 20.9 Å². The van der Waals surface area contributed by atoms with Crippen LogP contribution in [0.15, 0.2) is 48.5 Å². The van der Waals surface area contributed by atoms with E-state index in [4.69, 9.17) is 14.2 Å². The molecule has 0 spiro atoms. The molecule has 5 nitrogen and oxygen atoms in total. The molecule has 1 aliphatic rings. The van der Waals surface area contributed by atoms with Crippen molar-refractivity contribution in [2.75, 3.05) is 0 Å². The zero-order valence-electron chi connectivity index (χ0n) is 15.0. The number of esters is 2. The third-order valence-electron chi connectivity index (χ3n) is 4.45. The molecule has 144 valence electrons. The molecule has 0 aliphatic carbocycles. The topological polar surface area (TPSA) is 61.8 Å². The van der Waals surface area contributed by atoms with Crippen molar-refractivity contribution in [2.24, 2.45) is 0 Å². The number of carbonyl (C=O) groups is 2. The predicted molar refractivity (Wildman–Crippen MR) is 102 cm³/mol. The van der Waals surface area contributed by atoms with Gasteiger partial charge in [-0.05, 0) is 31.2 Å². The van der Waals surface area contributed by atoms with Crippen LogP contribution in [0.3, 0.4) is 0 Å². The summed E-state index contributed by atoms with van der Waals surface area (Å²) in [6.45, 7) is 1.74. The molecular formula is C21H17FO5S. The lowest BCUT2D eigenvalue weighted by atomic mass is 10.1. The molecule has 1 aliphatic heterocycles. The molecule has 1 saturated heterocycles. The van der Waals surface area contributed by atoms with Crippen molar-refractivity contribution < 1.29 is 28.2 Å². The van der Waals surface area contributed by atoms with Crippen LogP contribution in [-0.4, -0.2) is 24.1 Å². The predicted octanol–water partition coefficient (Wildman–Crippen LogP) is 4.48. The summed E-state index contributed by atoms with van der Waals surface area (Å²) in [4.78, 5) is 24.8. The fourth-order valence-electron chi connectivity index (χ4n) is 3.14. The summed E-state index contributed by atoms with van der Waals surface area (Å²) in [6, 6.07) is 13.7. The molecule has 0 bridgehead atoms. The second-order valence-corrected chi connectivity index (χ2v) is 7.55. The van der Waals surface area contributed by atoms with Crippen LogP contribution in [0.25, 0.3) is 10.1 Å². The van der Waals surface area contributed by atoms with Gasteiger partial charge in [0.25, 0.3) is 0 Å². The van der Waals surface area contributed by atoms with Gasteiger partial charge in [0.1, 0.15) is 29.2 Å². The van der Waals surface area contributed by atoms with Gasteiger partial charge in [0, 0.05) is 22.1 Å². The van der Waals surface area contributed by atoms with Crippen molar-refractivity contribution in [3.8, 4) is 5.75 Å². The molecule has 2 aromatic carbocycles. The van der Waals surface area contributed by atoms with E-state index in [1.165, 1.54) is 6.07 Å². The molecule has 0 radical (unpaired) electrons. The van der Waals surface area contributed by atoms with Crippen LogP contribution in [0.1, 0.15) is 28.6 Å². The van der Waals surface area contributed by atoms with Crippen LogP contribution in [0.4, 0.5) is 4.39 Å². The SMILES string of the molecule is C[C@H]1C[C@H](OC(=O)c2sc3cccc(F)c3c2COc2ccccc2)C(=O)O1. The highest BCUT2D eigenvalue weighted by Gasteiger charge is 2.36. The minimum atomic E-state index is -0.944. The number of para-hydroxylation sites is 1. The van der Waals surface area contributed by atoms with E-state index in [0.717, 1.165) is 11.3 Å². The lowest BCUT2D eigenvalue weighted by Gasteiger charge is -2.10. The molecule has 0 saturated carbocycles. The van der Waals surface area contributed by atoms with Gasteiger partial charge < -0.3 is 14.2 Å². The molecule has 1 aromatic heterocycles. The maximum absolute atomic E-state index is 14.5. The zero-order chi connectivity index (χ0) is 19.7. The van der Waals surface area contributed by atoms with Crippen molar-refractivity contribution in [1.29, 1.82) is 0 Å². The van der Waals surface area contributed by atoms with Crippen molar-refractivity contribution in [1.82, 2.24) is 0 Å². The Morgan fingerprint density at radius 3 is 2.71 bits per heavy atom. The fourth-order valence-corrected chi connectivity index (χ4v) is 4.25. The first kappa shape index (κ1) is 18.4. The molecule has 0 amide bonds. The van der Waals surface area contributed by atoms with Gasteiger partial charge in [-0.2, -0.15) is 0 Å². The van der Waals surface area contributed by atoms with Gasteiger partial charge in [0.2, 0.25) is 6.10 Å². The molecule has 4 rings (SSSR count). The third-order valence-corrected chi connectivity index (χ3v) is 5.63. The highest BCUT2D eigenvalue weighted by atomic mass is 32.1. The van der Waals surface area contributed by atoms with Crippen LogP contribution >= 0.6 is 11.3 Å². The maximum Gasteiger partial charge on any atom is 0.349 e. The summed E-state index contributed by atoms with van der Waals surface area (Å²) in [7, 11) is 0. The molecule has 1 fully saturated rings. The van der Waals surface area contributed by atoms with Crippen LogP contribution < -0.4 is 4.74 Å². The van der Waals surface area contributed by atoms with E-state index in [1.807, 2.05) is 18.2 Å². The van der Waals surface area contributed by atoms with E-state index in [0.29, 0.717) is 27.8 Å². The standard InChI is InChI=1S/C21H17FO5S/c1-12-10-16(20(23)26-12)27-21(24)19-14(11-25-13-6-3-2-4-7-13)18-15(22)8-5-9-17(18)28-19/h2-9,12,16H,10-11H2,1H3/t12-,16-/m0/s1. The van der Waals surface area contributed by atoms with Crippen LogP contribution in [0.2, 0.25) is 0 Å². The highest BCUT2D eigenvalue weighted by Crippen LogP contribution is 2.35. The number of cyclic esters (lactones) is 1. The van der Waals surface area contributed by atoms with Gasteiger partial charge in [-0.25, -0.2) is 14.0 Å². The normalized spacial score (nSPS) is 18.9. The number of thiophene rings is 1. The monoisotopic (exact) mass is 400 g/mol. The van der Waals surface area contributed by atoms with E-state index in [2.05, 4.69) is 0 Å². The van der Waals surface area contributed by atoms with Crippen molar-refractivity contribution in [3.05, 3.63) is 64.8 Å². The van der Waals surface area contributed by atoms with Gasteiger partial charge in [-0.1, -0.05) is 24.3 Å². The van der Waals surface area contributed by atoms with Gasteiger partial charge in [0.05, 0.1) is 0 Å². The molecule has 0 unspecified atom stereocenters. The summed E-state index contributed by atoms with van der Waals surface area (Å²) in [5.74, 6) is -1.07. The minimum Gasteiger partial charge on any atom is -0.489 e. The van der Waals surface area contributed by atoms with Gasteiger partial charge in [-0.15, -0.1) is 11.3 Å². The summed E-state index contributed by atoms with van der Waals surface area (Å²) in [5, 5.41) is 0.331. The first-order chi connectivity index (χ1) is 13.5. The molecular weight excluding hydrogens is 383 g/mol. The summed E-state index contributed by atoms with van der Waals surface area (Å²) >= 11 is 1.12. The van der Waals surface area contributed by atoms with Crippen molar-refractivity contribution in [2.45, 2.75) is 32.2 Å². The Bertz CT molecular complexity index is 1030. The number of rotatable bonds is 5. The second-order valence-electron chi connectivity index (χ2n) is 6.50. The van der Waals surface area contributed by atoms with Crippen molar-refractivity contribution >= 4 is 33.4 Å². The molecule has 2 atom stereocenters. The quantitative estimate of drug-likeness (QED) is 0.591. The first-order valence-corrected chi connectivity index (χ1v) is 9.64. The number of hydrogen-bond acceptors (Lipinski definition) is 6. The average molecular weight is 400 g/mol. The van der Waals surface area contributed by atoms with Gasteiger partial charge in [-0.3, -0.25) is 0 Å². The van der Waals surface area contributed by atoms with E-state index in [9.17, 15) is 14.0 Å². The Morgan fingerprint density at radius 2 is 2.00 bits per heavy atom. The average Bonchev–Trinajstić information content (AvgIpc) is 3.21. The summed E-state index contributed by atoms with van der Waals surface area (Å²) in [6.07, 6.45) is -0.939. The van der Waals surface area contributed by atoms with Gasteiger partial charge >= 0.3 is 11.9 Å². The third kappa shape index (κ3) is 3.57. The number of ether oxygens (including phenoxy) is 3. The van der Waals surface area contributed by atoms with E-state index >= 15 is 0 Å². The number of fused-ring (bicyclic) bond motifs is 1. The van der Waals surface area contributed by atoms with E-state index < -0.39 is 23.9 Å². The Balaban J connectivity index is 1.66. The molecule has 0 N–H and O–H groups in total. The molecule has 3 aromatic rings. The Kier molecular flexibility index (Phi) is 5.00. The molecule has 2 heterocycles. The number of carbonyl (C=O) groups excluding carboxylic acids is 2. The molecule has 7 heteroatoms. The fraction of sp³-hybridized carbons (Fsp3) is 0.238. The second kappa shape index (κ2) is 7.59. The largest absolute Gasteiger partial charge is 0.489 e. The number of halogens is 1. The van der Waals surface area contributed by atoms with Gasteiger partial charge in [0.15, 0.2) is 0 Å². The lowest BCUT2D eigenvalue weighted by Crippen LogP contribution is -2.22. The Hall–Kier alpha value is -2.93. The van der Waals surface area contributed by atoms with Crippen molar-refractivity contribution in [3.63, 3.8) is 0 Å². The summed E-state index contributed by atoms with van der Waals surface area (Å²) < 4.78 is 31.2. The zero-order valence-corrected chi connectivity index (χ0v) is 15.8. The number of benzene rings is 2. The lowest BCUT2D eigenvalue weighted by molar-refractivity contribution is -0.147. The van der Waals surface area contributed by atoms with Crippen LogP contribution in [0.5, 0.6) is 5.75 Å². The summed E-state index contributed by atoms with van der Waals surface area (Å²) in [5.41, 5.74) is 0.409.